The molecule has 2 rings (SSSR count). The molecule has 0 heterocycles. The summed E-state index contributed by atoms with van der Waals surface area (Å²) < 4.78 is 13.4. The van der Waals surface area contributed by atoms with Crippen LogP contribution in [0.4, 0.5) is 4.39 Å². The van der Waals surface area contributed by atoms with Gasteiger partial charge in [-0.25, -0.2) is 4.39 Å². The maximum atomic E-state index is 13.4. The van der Waals surface area contributed by atoms with E-state index in [1.807, 2.05) is 0 Å². The number of aldehydes is 1. The van der Waals surface area contributed by atoms with E-state index in [2.05, 4.69) is 0 Å². The number of hydrogen-bond donors (Lipinski definition) is 1. The van der Waals surface area contributed by atoms with Crippen molar-refractivity contribution in [1.29, 1.82) is 0 Å². The number of nitrogens with two attached hydrogens (primary N) is 1. The molecule has 0 saturated heterocycles. The largest absolute Gasteiger partial charge is 0.366 e. The van der Waals surface area contributed by atoms with Crippen molar-refractivity contribution in [3.8, 4) is 11.1 Å². The van der Waals surface area contributed by atoms with Gasteiger partial charge in [0.25, 0.3) is 0 Å². The van der Waals surface area contributed by atoms with E-state index in [-0.39, 0.29) is 5.56 Å². The number of carbonyl (C=O) groups is 2. The Hall–Kier alpha value is -2.49. The van der Waals surface area contributed by atoms with Crippen LogP contribution in [0.5, 0.6) is 0 Å². The molecule has 0 aliphatic carbocycles. The van der Waals surface area contributed by atoms with Gasteiger partial charge in [0, 0.05) is 11.1 Å². The third kappa shape index (κ3) is 2.43. The topological polar surface area (TPSA) is 60.2 Å². The van der Waals surface area contributed by atoms with Crippen LogP contribution in [0.2, 0.25) is 0 Å². The van der Waals surface area contributed by atoms with Gasteiger partial charge in [-0.3, -0.25) is 9.59 Å². The number of benzene rings is 2. The second-order valence-electron chi connectivity index (χ2n) is 3.84. The minimum atomic E-state index is -0.692. The van der Waals surface area contributed by atoms with Crippen molar-refractivity contribution in [2.75, 3.05) is 0 Å². The third-order valence-electron chi connectivity index (χ3n) is 2.54. The molecule has 3 nitrogen and oxygen atoms in total. The van der Waals surface area contributed by atoms with E-state index >= 15 is 0 Å². The van der Waals surface area contributed by atoms with Gasteiger partial charge >= 0.3 is 0 Å². The fraction of sp³-hybridized carbons (Fsp3) is 0. The average Bonchev–Trinajstić information content (AvgIpc) is 2.38. The van der Waals surface area contributed by atoms with Gasteiger partial charge in [0.1, 0.15) is 12.1 Å². The molecule has 4 heteroatoms. The molecule has 0 bridgehead atoms. The van der Waals surface area contributed by atoms with Gasteiger partial charge < -0.3 is 5.73 Å². The molecular formula is C14H10FNO2. The number of halogens is 1. The molecule has 0 atom stereocenters. The summed E-state index contributed by atoms with van der Waals surface area (Å²) in [7, 11) is 0. The Bertz CT molecular complexity index is 623. The fourth-order valence-electron chi connectivity index (χ4n) is 1.69. The van der Waals surface area contributed by atoms with Crippen LogP contribution in [0.15, 0.2) is 42.5 Å². The Balaban J connectivity index is 2.55. The van der Waals surface area contributed by atoms with Gasteiger partial charge in [-0.15, -0.1) is 0 Å². The normalized spacial score (nSPS) is 10.1. The molecule has 0 aliphatic rings. The fourth-order valence-corrected chi connectivity index (χ4v) is 1.69. The summed E-state index contributed by atoms with van der Waals surface area (Å²) in [6.07, 6.45) is 0.706. The molecule has 0 spiro atoms. The van der Waals surface area contributed by atoms with Crippen molar-refractivity contribution < 1.29 is 14.0 Å². The number of amides is 1. The van der Waals surface area contributed by atoms with Gasteiger partial charge in [0.2, 0.25) is 5.91 Å². The van der Waals surface area contributed by atoms with Gasteiger partial charge in [-0.2, -0.15) is 0 Å². The SMILES string of the molecule is NC(=O)c1cc(F)cc(-c2cccc(C=O)c2)c1. The van der Waals surface area contributed by atoms with Crippen LogP contribution in [0, 0.1) is 5.82 Å². The van der Waals surface area contributed by atoms with Crippen LogP contribution < -0.4 is 5.73 Å². The summed E-state index contributed by atoms with van der Waals surface area (Å²) in [5, 5.41) is 0. The summed E-state index contributed by atoms with van der Waals surface area (Å²) in [6, 6.07) is 10.5. The highest BCUT2D eigenvalue weighted by atomic mass is 19.1. The van der Waals surface area contributed by atoms with Crippen LogP contribution in [0.3, 0.4) is 0 Å². The average molecular weight is 243 g/mol. The standard InChI is InChI=1S/C14H10FNO2/c15-13-6-11(5-12(7-13)14(16)18)10-3-1-2-9(4-10)8-17/h1-8H,(H2,16,18). The predicted molar refractivity (Wildman–Crippen MR) is 65.7 cm³/mol. The molecule has 0 saturated carbocycles. The molecule has 2 aromatic rings. The monoisotopic (exact) mass is 243 g/mol. The second-order valence-corrected chi connectivity index (χ2v) is 3.84. The van der Waals surface area contributed by atoms with E-state index < -0.39 is 11.7 Å². The maximum Gasteiger partial charge on any atom is 0.248 e. The van der Waals surface area contributed by atoms with Gasteiger partial charge in [0.05, 0.1) is 0 Å². The highest BCUT2D eigenvalue weighted by Crippen LogP contribution is 2.22. The lowest BCUT2D eigenvalue weighted by molar-refractivity contribution is 0.0999. The van der Waals surface area contributed by atoms with Crippen LogP contribution in [0.1, 0.15) is 20.7 Å². The Morgan fingerprint density at radius 2 is 1.89 bits per heavy atom. The van der Waals surface area contributed by atoms with Crippen LogP contribution in [0.25, 0.3) is 11.1 Å². The van der Waals surface area contributed by atoms with E-state index in [9.17, 15) is 14.0 Å². The Labute approximate surface area is 103 Å². The van der Waals surface area contributed by atoms with Crippen molar-refractivity contribution in [2.24, 2.45) is 5.73 Å². The zero-order valence-electron chi connectivity index (χ0n) is 9.39. The first kappa shape index (κ1) is 12.0. The molecule has 2 N–H and O–H groups in total. The molecule has 1 amide bonds. The smallest absolute Gasteiger partial charge is 0.248 e. The number of rotatable bonds is 3. The second kappa shape index (κ2) is 4.79. The van der Waals surface area contributed by atoms with Crippen molar-refractivity contribution in [3.63, 3.8) is 0 Å². The molecular weight excluding hydrogens is 233 g/mol. The van der Waals surface area contributed by atoms with E-state index in [1.54, 1.807) is 24.3 Å². The van der Waals surface area contributed by atoms with Crippen molar-refractivity contribution in [3.05, 3.63) is 59.4 Å². The van der Waals surface area contributed by atoms with Crippen molar-refractivity contribution in [1.82, 2.24) is 0 Å². The summed E-state index contributed by atoms with van der Waals surface area (Å²) in [6.45, 7) is 0. The molecule has 0 unspecified atom stereocenters. The lowest BCUT2D eigenvalue weighted by atomic mass is 10.0. The van der Waals surface area contributed by atoms with Gasteiger partial charge in [-0.05, 0) is 35.4 Å². The van der Waals surface area contributed by atoms with Gasteiger partial charge in [-0.1, -0.05) is 18.2 Å². The summed E-state index contributed by atoms with van der Waals surface area (Å²) in [4.78, 5) is 21.7. The van der Waals surface area contributed by atoms with Gasteiger partial charge in [0.15, 0.2) is 0 Å². The molecule has 0 radical (unpaired) electrons. The molecule has 0 aromatic heterocycles. The van der Waals surface area contributed by atoms with Crippen molar-refractivity contribution in [2.45, 2.75) is 0 Å². The predicted octanol–water partition coefficient (Wildman–Crippen LogP) is 2.40. The Kier molecular flexibility index (Phi) is 3.19. The molecule has 2 aromatic carbocycles. The summed E-state index contributed by atoms with van der Waals surface area (Å²) >= 11 is 0. The molecule has 18 heavy (non-hydrogen) atoms. The first-order valence-corrected chi connectivity index (χ1v) is 5.26. The van der Waals surface area contributed by atoms with E-state index in [0.29, 0.717) is 23.0 Å². The van der Waals surface area contributed by atoms with Crippen LogP contribution in [-0.4, -0.2) is 12.2 Å². The van der Waals surface area contributed by atoms with Crippen molar-refractivity contribution >= 4 is 12.2 Å². The van der Waals surface area contributed by atoms with E-state index in [0.717, 1.165) is 6.07 Å². The maximum absolute atomic E-state index is 13.4. The lowest BCUT2D eigenvalue weighted by Crippen LogP contribution is -2.11. The minimum absolute atomic E-state index is 0.0986. The lowest BCUT2D eigenvalue weighted by Gasteiger charge is -2.05. The van der Waals surface area contributed by atoms with E-state index in [1.165, 1.54) is 12.1 Å². The summed E-state index contributed by atoms with van der Waals surface area (Å²) in [5.74, 6) is -1.24. The molecule has 90 valence electrons. The zero-order chi connectivity index (χ0) is 13.1. The minimum Gasteiger partial charge on any atom is -0.366 e. The molecule has 0 aliphatic heterocycles. The number of carbonyl (C=O) groups excluding carboxylic acids is 2. The first-order valence-electron chi connectivity index (χ1n) is 5.26. The highest BCUT2D eigenvalue weighted by Gasteiger charge is 2.07. The summed E-state index contributed by atoms with van der Waals surface area (Å²) in [5.41, 5.74) is 6.87. The Morgan fingerprint density at radius 1 is 1.11 bits per heavy atom. The third-order valence-corrected chi connectivity index (χ3v) is 2.54. The van der Waals surface area contributed by atoms with Crippen LogP contribution >= 0.6 is 0 Å². The van der Waals surface area contributed by atoms with E-state index in [4.69, 9.17) is 5.73 Å². The molecule has 0 fully saturated rings. The number of primary amides is 1. The highest BCUT2D eigenvalue weighted by molar-refractivity contribution is 5.94. The Morgan fingerprint density at radius 3 is 2.56 bits per heavy atom. The number of hydrogen-bond acceptors (Lipinski definition) is 2. The zero-order valence-corrected chi connectivity index (χ0v) is 9.39. The first-order chi connectivity index (χ1) is 8.60. The van der Waals surface area contributed by atoms with Crippen LogP contribution in [-0.2, 0) is 0 Å². The quantitative estimate of drug-likeness (QED) is 0.841.